The van der Waals surface area contributed by atoms with Crippen LogP contribution in [-0.2, 0) is 16.0 Å². The molecule has 1 saturated heterocycles. The normalized spacial score (nSPS) is 15.9. The molecule has 0 unspecified atom stereocenters. The molecule has 2 heterocycles. The fraction of sp³-hybridized carbons (Fsp3) is 0.400. The van der Waals surface area contributed by atoms with Crippen molar-refractivity contribution in [2.45, 2.75) is 39.0 Å². The second-order valence-electron chi connectivity index (χ2n) is 9.44. The van der Waals surface area contributed by atoms with E-state index >= 15 is 0 Å². The molecule has 0 N–H and O–H groups in total. The van der Waals surface area contributed by atoms with Gasteiger partial charge < -0.3 is 9.47 Å². The Labute approximate surface area is 212 Å². The second-order valence-corrected chi connectivity index (χ2v) is 9.44. The van der Waals surface area contributed by atoms with E-state index in [1.807, 2.05) is 43.3 Å². The van der Waals surface area contributed by atoms with Crippen molar-refractivity contribution in [2.24, 2.45) is 5.41 Å². The zero-order valence-electron chi connectivity index (χ0n) is 21.2. The highest BCUT2D eigenvalue weighted by atomic mass is 19.1. The minimum atomic E-state index is -0.521. The largest absolute Gasteiger partial charge is 0.497 e. The summed E-state index contributed by atoms with van der Waals surface area (Å²) in [6.07, 6.45) is 8.99. The lowest BCUT2D eigenvalue weighted by atomic mass is 9.74. The summed E-state index contributed by atoms with van der Waals surface area (Å²) in [4.78, 5) is 19.7. The molecule has 0 amide bonds. The summed E-state index contributed by atoms with van der Waals surface area (Å²) >= 11 is 0. The number of esters is 1. The molecule has 6 heteroatoms. The predicted octanol–water partition coefficient (Wildman–Crippen LogP) is 6.06. The number of ether oxygens (including phenoxy) is 2. The highest BCUT2D eigenvalue weighted by Gasteiger charge is 2.42. The van der Waals surface area contributed by atoms with Crippen LogP contribution in [0.4, 0.5) is 4.39 Å². The van der Waals surface area contributed by atoms with Crippen LogP contribution in [0.25, 0.3) is 17.0 Å². The van der Waals surface area contributed by atoms with Gasteiger partial charge >= 0.3 is 5.97 Å². The fourth-order valence-corrected chi connectivity index (χ4v) is 5.09. The number of aromatic nitrogens is 1. The monoisotopic (exact) mass is 490 g/mol. The van der Waals surface area contributed by atoms with E-state index in [0.29, 0.717) is 37.2 Å². The Morgan fingerprint density at radius 1 is 1.17 bits per heavy atom. The van der Waals surface area contributed by atoms with Gasteiger partial charge in [-0.15, -0.1) is 0 Å². The van der Waals surface area contributed by atoms with Crippen LogP contribution in [0, 0.1) is 11.2 Å². The molecular formula is C30H35FN2O3. The lowest BCUT2D eigenvalue weighted by Crippen LogP contribution is -2.45. The molecule has 190 valence electrons. The third kappa shape index (κ3) is 6.11. The molecule has 0 spiro atoms. The number of methoxy groups -OCH3 is 1. The number of nitrogens with zero attached hydrogens (tertiary/aromatic N) is 2. The molecule has 1 fully saturated rings. The summed E-state index contributed by atoms with van der Waals surface area (Å²) in [6, 6.07) is 15.8. The molecule has 2 aromatic carbocycles. The van der Waals surface area contributed by atoms with E-state index in [1.54, 1.807) is 7.11 Å². The van der Waals surface area contributed by atoms with Gasteiger partial charge in [0.2, 0.25) is 0 Å². The number of benzene rings is 2. The molecule has 1 aliphatic rings. The van der Waals surface area contributed by atoms with E-state index in [0.717, 1.165) is 43.4 Å². The average molecular weight is 491 g/mol. The minimum absolute atomic E-state index is 0.119. The van der Waals surface area contributed by atoms with Gasteiger partial charge in [-0.25, -0.2) is 4.39 Å². The van der Waals surface area contributed by atoms with Crippen molar-refractivity contribution in [3.63, 3.8) is 0 Å². The van der Waals surface area contributed by atoms with Gasteiger partial charge in [-0.2, -0.15) is 0 Å². The molecule has 1 aliphatic heterocycles. The minimum Gasteiger partial charge on any atom is -0.497 e. The van der Waals surface area contributed by atoms with Gasteiger partial charge in [0, 0.05) is 11.9 Å². The first kappa shape index (κ1) is 25.8. The zero-order chi connectivity index (χ0) is 25.4. The lowest BCUT2D eigenvalue weighted by Gasteiger charge is -2.39. The maximum atomic E-state index is 14.8. The number of carbonyl (C=O) groups is 1. The number of hydrogen-bond acceptors (Lipinski definition) is 5. The summed E-state index contributed by atoms with van der Waals surface area (Å²) in [6.45, 7) is 4.74. The summed E-state index contributed by atoms with van der Waals surface area (Å²) in [5.41, 5.74) is 2.03. The SMILES string of the molecule is CCOC(=O)C1(CCCc2c(F)cnc3ccc(OC)cc23)CCN(C/C=C/c2ccccc2)CC1. The van der Waals surface area contributed by atoms with Crippen molar-refractivity contribution >= 4 is 22.9 Å². The third-order valence-electron chi connectivity index (χ3n) is 7.21. The summed E-state index contributed by atoms with van der Waals surface area (Å²) in [5, 5.41) is 0.763. The number of halogens is 1. The Balaban J connectivity index is 1.41. The maximum Gasteiger partial charge on any atom is 0.312 e. The molecule has 1 aromatic heterocycles. The molecule has 0 saturated carbocycles. The van der Waals surface area contributed by atoms with Crippen molar-refractivity contribution in [3.05, 3.63) is 77.7 Å². The van der Waals surface area contributed by atoms with Crippen LogP contribution >= 0.6 is 0 Å². The molecule has 3 aromatic rings. The standard InChI is InChI=1S/C30H35FN2O3/c1-3-36-29(34)30(16-19-33(20-17-30)18-8-11-23-9-5-4-6-10-23)15-7-12-25-26-21-24(35-2)13-14-28(26)32-22-27(25)31/h4-6,8-11,13-14,21-22H,3,7,12,15-20H2,1-2H3/b11-8+. The first-order valence-corrected chi connectivity index (χ1v) is 12.8. The number of likely N-dealkylation sites (tertiary alicyclic amines) is 1. The van der Waals surface area contributed by atoms with Crippen molar-refractivity contribution in [2.75, 3.05) is 33.4 Å². The molecule has 5 nitrogen and oxygen atoms in total. The Morgan fingerprint density at radius 2 is 1.94 bits per heavy atom. The van der Waals surface area contributed by atoms with Crippen LogP contribution in [0.3, 0.4) is 0 Å². The number of fused-ring (bicyclic) bond motifs is 1. The predicted molar refractivity (Wildman–Crippen MR) is 141 cm³/mol. The van der Waals surface area contributed by atoms with E-state index in [9.17, 15) is 9.18 Å². The van der Waals surface area contributed by atoms with Gasteiger partial charge in [0.05, 0.1) is 30.8 Å². The van der Waals surface area contributed by atoms with Gasteiger partial charge in [0.1, 0.15) is 11.6 Å². The number of rotatable bonds is 10. The van der Waals surface area contributed by atoms with Gasteiger partial charge in [-0.1, -0.05) is 42.5 Å². The topological polar surface area (TPSA) is 51.7 Å². The van der Waals surface area contributed by atoms with Crippen LogP contribution in [0.1, 0.15) is 43.7 Å². The highest BCUT2D eigenvalue weighted by molar-refractivity contribution is 5.83. The quantitative estimate of drug-likeness (QED) is 0.323. The third-order valence-corrected chi connectivity index (χ3v) is 7.21. The van der Waals surface area contributed by atoms with Crippen LogP contribution in [0.2, 0.25) is 0 Å². The van der Waals surface area contributed by atoms with Gasteiger partial charge in [-0.3, -0.25) is 14.7 Å². The molecular weight excluding hydrogens is 455 g/mol. The molecule has 36 heavy (non-hydrogen) atoms. The van der Waals surface area contributed by atoms with Crippen molar-refractivity contribution in [1.29, 1.82) is 0 Å². The molecule has 0 bridgehead atoms. The Hall–Kier alpha value is -3.25. The van der Waals surface area contributed by atoms with Gasteiger partial charge in [0.25, 0.3) is 0 Å². The lowest BCUT2D eigenvalue weighted by molar-refractivity contribution is -0.159. The summed E-state index contributed by atoms with van der Waals surface area (Å²) in [5.74, 6) is 0.236. The van der Waals surface area contributed by atoms with Crippen LogP contribution in [0.15, 0.2) is 60.8 Å². The Morgan fingerprint density at radius 3 is 2.67 bits per heavy atom. The maximum absolute atomic E-state index is 14.8. The number of aryl methyl sites for hydroxylation is 1. The van der Waals surface area contributed by atoms with E-state index in [1.165, 1.54) is 11.8 Å². The molecule has 0 atom stereocenters. The van der Waals surface area contributed by atoms with Gasteiger partial charge in [0.15, 0.2) is 0 Å². The van der Waals surface area contributed by atoms with Crippen molar-refractivity contribution < 1.29 is 18.7 Å². The van der Waals surface area contributed by atoms with Crippen LogP contribution in [-0.4, -0.2) is 49.2 Å². The van der Waals surface area contributed by atoms with Gasteiger partial charge in [-0.05, 0) is 81.4 Å². The average Bonchev–Trinajstić information content (AvgIpc) is 2.91. The number of hydrogen-bond donors (Lipinski definition) is 0. The van der Waals surface area contributed by atoms with E-state index in [4.69, 9.17) is 9.47 Å². The number of carbonyl (C=O) groups excluding carboxylic acids is 1. The first-order valence-electron chi connectivity index (χ1n) is 12.8. The second kappa shape index (κ2) is 12.1. The smallest absolute Gasteiger partial charge is 0.312 e. The molecule has 4 rings (SSSR count). The summed E-state index contributed by atoms with van der Waals surface area (Å²) < 4.78 is 25.6. The highest BCUT2D eigenvalue weighted by Crippen LogP contribution is 2.38. The van der Waals surface area contributed by atoms with E-state index in [-0.39, 0.29) is 11.8 Å². The number of pyridine rings is 1. The summed E-state index contributed by atoms with van der Waals surface area (Å²) in [7, 11) is 1.60. The Bertz CT molecular complexity index is 1190. The van der Waals surface area contributed by atoms with E-state index in [2.05, 4.69) is 34.2 Å². The van der Waals surface area contributed by atoms with Crippen LogP contribution < -0.4 is 4.74 Å². The first-order chi connectivity index (χ1) is 17.5. The zero-order valence-corrected chi connectivity index (χ0v) is 21.2. The van der Waals surface area contributed by atoms with Crippen molar-refractivity contribution in [3.8, 4) is 5.75 Å². The Kier molecular flexibility index (Phi) is 8.70. The van der Waals surface area contributed by atoms with Crippen LogP contribution in [0.5, 0.6) is 5.75 Å². The molecule has 0 radical (unpaired) electrons. The number of piperidine rings is 1. The molecule has 0 aliphatic carbocycles. The van der Waals surface area contributed by atoms with Crippen molar-refractivity contribution in [1.82, 2.24) is 9.88 Å². The van der Waals surface area contributed by atoms with E-state index < -0.39 is 5.41 Å². The fourth-order valence-electron chi connectivity index (χ4n) is 5.09.